The molecule has 1 unspecified atom stereocenters. The molecule has 0 amide bonds. The molecule has 0 heterocycles. The monoisotopic (exact) mass is 176 g/mol. The van der Waals surface area contributed by atoms with Crippen molar-refractivity contribution in [3.8, 4) is 0 Å². The van der Waals surface area contributed by atoms with E-state index in [1.54, 1.807) is 0 Å². The van der Waals surface area contributed by atoms with E-state index in [1.165, 1.54) is 6.42 Å². The quantitative estimate of drug-likeness (QED) is 0.689. The molecular weight excluding hydrogens is 148 g/mol. The van der Waals surface area contributed by atoms with Crippen LogP contribution in [0.2, 0.25) is 0 Å². The van der Waals surface area contributed by atoms with Crippen LogP contribution in [0.15, 0.2) is 0 Å². The summed E-state index contributed by atoms with van der Waals surface area (Å²) in [5.41, 5.74) is 5.43. The summed E-state index contributed by atoms with van der Waals surface area (Å²) in [5, 5.41) is 3.09. The first-order valence-corrected chi connectivity index (χ1v) is 5.19. The van der Waals surface area contributed by atoms with Crippen molar-refractivity contribution in [1.29, 1.82) is 0 Å². The average Bonchev–Trinajstić information content (AvgIpc) is 2.20. The van der Waals surface area contributed by atoms with Crippen molar-refractivity contribution in [2.75, 3.05) is 20.1 Å². The summed E-state index contributed by atoms with van der Waals surface area (Å²) >= 11 is 0. The summed E-state index contributed by atoms with van der Waals surface area (Å²) in [5.74, 6) is 0.667. The minimum absolute atomic E-state index is 0.667. The molecule has 0 aromatic rings. The van der Waals surface area contributed by atoms with Crippen molar-refractivity contribution in [2.45, 2.75) is 41.0 Å². The SMILES string of the molecule is CC.CC.CCC(CN)CNC. The molecule has 0 bridgehead atoms. The third kappa shape index (κ3) is 16.5. The van der Waals surface area contributed by atoms with Crippen molar-refractivity contribution in [1.82, 2.24) is 5.32 Å². The highest BCUT2D eigenvalue weighted by Gasteiger charge is 1.98. The fourth-order valence-corrected chi connectivity index (χ4v) is 0.683. The standard InChI is InChI=1S/C6H16N2.2C2H6/c1-3-6(4-7)5-8-2;2*1-2/h6,8H,3-5,7H2,1-2H3;2*1-2H3. The molecular formula is C10H28N2. The molecule has 2 nitrogen and oxygen atoms in total. The van der Waals surface area contributed by atoms with Crippen molar-refractivity contribution < 1.29 is 0 Å². The summed E-state index contributed by atoms with van der Waals surface area (Å²) < 4.78 is 0. The molecule has 0 radical (unpaired) electrons. The molecule has 0 aromatic carbocycles. The van der Waals surface area contributed by atoms with Crippen LogP contribution >= 0.6 is 0 Å². The van der Waals surface area contributed by atoms with Crippen LogP contribution in [-0.2, 0) is 0 Å². The second-order valence-corrected chi connectivity index (χ2v) is 2.07. The van der Waals surface area contributed by atoms with Crippen LogP contribution in [0.5, 0.6) is 0 Å². The fourth-order valence-electron chi connectivity index (χ4n) is 0.683. The molecule has 0 aliphatic heterocycles. The second-order valence-electron chi connectivity index (χ2n) is 2.07. The van der Waals surface area contributed by atoms with Crippen LogP contribution < -0.4 is 11.1 Å². The lowest BCUT2D eigenvalue weighted by Gasteiger charge is -2.09. The van der Waals surface area contributed by atoms with Crippen molar-refractivity contribution >= 4 is 0 Å². The Kier molecular flexibility index (Phi) is 33.4. The van der Waals surface area contributed by atoms with E-state index in [4.69, 9.17) is 5.73 Å². The zero-order chi connectivity index (χ0) is 10.4. The van der Waals surface area contributed by atoms with Gasteiger partial charge in [-0.2, -0.15) is 0 Å². The molecule has 1 atom stereocenters. The highest BCUT2D eigenvalue weighted by atomic mass is 14.8. The lowest BCUT2D eigenvalue weighted by Crippen LogP contribution is -2.24. The maximum absolute atomic E-state index is 5.43. The Morgan fingerprint density at radius 1 is 1.17 bits per heavy atom. The fraction of sp³-hybridized carbons (Fsp3) is 1.00. The molecule has 78 valence electrons. The van der Waals surface area contributed by atoms with Gasteiger partial charge in [0.05, 0.1) is 0 Å². The van der Waals surface area contributed by atoms with Gasteiger partial charge in [-0.3, -0.25) is 0 Å². The summed E-state index contributed by atoms with van der Waals surface area (Å²) in [7, 11) is 1.96. The Balaban J connectivity index is -0.000000175. The Bertz CT molecular complexity index is 43.1. The largest absolute Gasteiger partial charge is 0.330 e. The average molecular weight is 176 g/mol. The van der Waals surface area contributed by atoms with Crippen LogP contribution in [0.3, 0.4) is 0 Å². The van der Waals surface area contributed by atoms with E-state index in [0.717, 1.165) is 13.1 Å². The molecule has 3 N–H and O–H groups in total. The van der Waals surface area contributed by atoms with Gasteiger partial charge in [-0.1, -0.05) is 41.0 Å². The van der Waals surface area contributed by atoms with Crippen molar-refractivity contribution in [2.24, 2.45) is 11.7 Å². The number of hydrogen-bond donors (Lipinski definition) is 2. The van der Waals surface area contributed by atoms with Gasteiger partial charge < -0.3 is 11.1 Å². The summed E-state index contributed by atoms with van der Waals surface area (Å²) in [6.07, 6.45) is 1.18. The van der Waals surface area contributed by atoms with Gasteiger partial charge in [-0.15, -0.1) is 0 Å². The highest BCUT2D eigenvalue weighted by Crippen LogP contribution is 1.95. The summed E-state index contributed by atoms with van der Waals surface area (Å²) in [6.45, 7) is 12.0. The minimum Gasteiger partial charge on any atom is -0.330 e. The molecule has 0 saturated heterocycles. The van der Waals surface area contributed by atoms with E-state index in [2.05, 4.69) is 12.2 Å². The molecule has 0 rings (SSSR count). The predicted molar refractivity (Wildman–Crippen MR) is 59.5 cm³/mol. The van der Waals surface area contributed by atoms with Gasteiger partial charge in [0.2, 0.25) is 0 Å². The van der Waals surface area contributed by atoms with Crippen LogP contribution in [0.4, 0.5) is 0 Å². The Hall–Kier alpha value is -0.0800. The van der Waals surface area contributed by atoms with E-state index in [0.29, 0.717) is 5.92 Å². The van der Waals surface area contributed by atoms with E-state index >= 15 is 0 Å². The molecule has 0 aliphatic carbocycles. The topological polar surface area (TPSA) is 38.0 Å². The van der Waals surface area contributed by atoms with Crippen molar-refractivity contribution in [3.05, 3.63) is 0 Å². The van der Waals surface area contributed by atoms with E-state index in [9.17, 15) is 0 Å². The Morgan fingerprint density at radius 2 is 1.58 bits per heavy atom. The van der Waals surface area contributed by atoms with Crippen LogP contribution in [0.25, 0.3) is 0 Å². The molecule has 2 heteroatoms. The number of hydrogen-bond acceptors (Lipinski definition) is 2. The minimum atomic E-state index is 0.667. The smallest absolute Gasteiger partial charge is 0.00116 e. The van der Waals surface area contributed by atoms with Gasteiger partial charge in [0, 0.05) is 0 Å². The maximum Gasteiger partial charge on any atom is -0.00116 e. The van der Waals surface area contributed by atoms with Gasteiger partial charge in [0.1, 0.15) is 0 Å². The lowest BCUT2D eigenvalue weighted by atomic mass is 10.1. The first kappa shape index (κ1) is 17.9. The van der Waals surface area contributed by atoms with Crippen LogP contribution in [-0.4, -0.2) is 20.1 Å². The third-order valence-corrected chi connectivity index (χ3v) is 1.40. The number of rotatable bonds is 4. The molecule has 0 aromatic heterocycles. The highest BCUT2D eigenvalue weighted by molar-refractivity contribution is 4.57. The van der Waals surface area contributed by atoms with Crippen molar-refractivity contribution in [3.63, 3.8) is 0 Å². The zero-order valence-electron chi connectivity index (χ0n) is 9.78. The first-order chi connectivity index (χ1) is 5.85. The van der Waals surface area contributed by atoms with Gasteiger partial charge in [0.15, 0.2) is 0 Å². The Labute approximate surface area is 78.9 Å². The second kappa shape index (κ2) is 22.4. The van der Waals surface area contributed by atoms with Gasteiger partial charge >= 0.3 is 0 Å². The Morgan fingerprint density at radius 3 is 1.67 bits per heavy atom. The summed E-state index contributed by atoms with van der Waals surface area (Å²) in [6, 6.07) is 0. The normalized spacial score (nSPS) is 10.2. The van der Waals surface area contributed by atoms with Gasteiger partial charge in [-0.25, -0.2) is 0 Å². The zero-order valence-corrected chi connectivity index (χ0v) is 9.78. The van der Waals surface area contributed by atoms with Crippen LogP contribution in [0, 0.1) is 5.92 Å². The number of nitrogens with one attached hydrogen (secondary N) is 1. The molecule has 0 saturated carbocycles. The maximum atomic E-state index is 5.43. The molecule has 0 fully saturated rings. The molecule has 12 heavy (non-hydrogen) atoms. The van der Waals surface area contributed by atoms with Gasteiger partial charge in [-0.05, 0) is 26.1 Å². The lowest BCUT2D eigenvalue weighted by molar-refractivity contribution is 0.494. The van der Waals surface area contributed by atoms with Gasteiger partial charge in [0.25, 0.3) is 0 Å². The van der Waals surface area contributed by atoms with E-state index < -0.39 is 0 Å². The van der Waals surface area contributed by atoms with Crippen LogP contribution in [0.1, 0.15) is 41.0 Å². The molecule has 0 aliphatic rings. The van der Waals surface area contributed by atoms with E-state index in [1.807, 2.05) is 34.7 Å². The van der Waals surface area contributed by atoms with E-state index in [-0.39, 0.29) is 0 Å². The summed E-state index contributed by atoms with van der Waals surface area (Å²) in [4.78, 5) is 0. The third-order valence-electron chi connectivity index (χ3n) is 1.40. The predicted octanol–water partition coefficient (Wildman–Crippen LogP) is 2.24. The number of nitrogens with two attached hydrogens (primary N) is 1. The molecule has 0 spiro atoms. The first-order valence-electron chi connectivity index (χ1n) is 5.19.